The van der Waals surface area contributed by atoms with E-state index in [-0.39, 0.29) is 37.2 Å². The van der Waals surface area contributed by atoms with Crippen LogP contribution in [0.1, 0.15) is 41.0 Å². The second kappa shape index (κ2) is 19.7. The van der Waals surface area contributed by atoms with E-state index in [4.69, 9.17) is 28.4 Å². The maximum absolute atomic E-state index is 13.9. The van der Waals surface area contributed by atoms with E-state index in [1.165, 1.54) is 12.1 Å². The van der Waals surface area contributed by atoms with Gasteiger partial charge in [0, 0.05) is 57.9 Å². The summed E-state index contributed by atoms with van der Waals surface area (Å²) in [6.45, 7) is 5.25. The molecule has 14 nitrogen and oxygen atoms in total. The van der Waals surface area contributed by atoms with Gasteiger partial charge in [-0.2, -0.15) is 0 Å². The van der Waals surface area contributed by atoms with Crippen LogP contribution in [0.25, 0.3) is 0 Å². The molecule has 0 aliphatic carbocycles. The quantitative estimate of drug-likeness (QED) is 0.0544. The lowest BCUT2D eigenvalue weighted by Crippen LogP contribution is -2.51. The van der Waals surface area contributed by atoms with Crippen molar-refractivity contribution < 1.29 is 47.5 Å². The fourth-order valence-electron chi connectivity index (χ4n) is 7.74. The Hall–Kier alpha value is -5.64. The molecule has 2 fully saturated rings. The molecule has 308 valence electrons. The minimum absolute atomic E-state index is 0.0610. The van der Waals surface area contributed by atoms with Crippen molar-refractivity contribution in [3.05, 3.63) is 129 Å². The maximum Gasteiger partial charge on any atom is 0.508 e. The van der Waals surface area contributed by atoms with Gasteiger partial charge in [0.15, 0.2) is 0 Å². The Bertz CT molecular complexity index is 1990. The Kier molecular flexibility index (Phi) is 13.8. The smallest absolute Gasteiger partial charge is 0.490 e. The van der Waals surface area contributed by atoms with Crippen molar-refractivity contribution in [1.29, 1.82) is 0 Å². The molecule has 0 saturated carbocycles. The molecular weight excluding hydrogens is 751 g/mol. The summed E-state index contributed by atoms with van der Waals surface area (Å²) in [5.41, 5.74) is 4.95. The van der Waals surface area contributed by atoms with E-state index >= 15 is 0 Å². The summed E-state index contributed by atoms with van der Waals surface area (Å²) in [4.78, 5) is 32.7. The number of ether oxygens (including phenoxy) is 6. The number of piperidine rings is 1. The molecule has 4 atom stereocenters. The van der Waals surface area contributed by atoms with Gasteiger partial charge in [-0.3, -0.25) is 0 Å². The highest BCUT2D eigenvalue weighted by atomic mass is 19.1. The van der Waals surface area contributed by atoms with E-state index < -0.39 is 17.3 Å². The van der Waals surface area contributed by atoms with Crippen LogP contribution in [0, 0.1) is 15.9 Å². The first-order chi connectivity index (χ1) is 28.3. The van der Waals surface area contributed by atoms with Gasteiger partial charge in [-0.05, 0) is 71.1 Å². The Morgan fingerprint density at radius 1 is 0.931 bits per heavy atom. The number of carbonyl (C=O) groups excluding carboxylic acids is 1. The SMILES string of the molecule is COCCCN1CCOc2ccc(COC3CNCC(OC(=O)OCc4cccc(CO[N+](=O)[O-])c4)C3c3ccc(OC4CCN(c5cccc(F)c5)C4)cc3)cc21. The van der Waals surface area contributed by atoms with Gasteiger partial charge in [0.1, 0.15) is 49.3 Å². The van der Waals surface area contributed by atoms with Gasteiger partial charge >= 0.3 is 6.16 Å². The lowest BCUT2D eigenvalue weighted by atomic mass is 9.85. The zero-order valence-electron chi connectivity index (χ0n) is 32.5. The van der Waals surface area contributed by atoms with Crippen LogP contribution >= 0.6 is 0 Å². The van der Waals surface area contributed by atoms with Crippen molar-refractivity contribution in [3.8, 4) is 11.5 Å². The molecular formula is C43H49FN4O10. The minimum atomic E-state index is -0.854. The van der Waals surface area contributed by atoms with Crippen LogP contribution in [0.2, 0.25) is 0 Å². The predicted molar refractivity (Wildman–Crippen MR) is 212 cm³/mol. The molecule has 0 bridgehead atoms. The number of anilines is 2. The van der Waals surface area contributed by atoms with Crippen molar-refractivity contribution in [2.75, 3.05) is 69.4 Å². The largest absolute Gasteiger partial charge is 0.508 e. The van der Waals surface area contributed by atoms with E-state index in [0.717, 1.165) is 60.7 Å². The van der Waals surface area contributed by atoms with Gasteiger partial charge < -0.3 is 48.4 Å². The Morgan fingerprint density at radius 2 is 1.72 bits per heavy atom. The standard InChI is InChI=1S/C43H49FN4O10/c1-52-19-4-16-46-18-20-53-39-14-9-32(22-38(39)46)27-54-40-24-45-25-41(58-43(49)55-28-30-5-2-6-31(21-30)29-56-48(50)51)42(40)33-10-12-36(13-11-33)57-37-15-17-47(26-37)35-8-3-7-34(44)23-35/h2-3,5-14,21-23,37,40-42,45H,4,15-20,24-29H2,1H3. The average Bonchev–Trinajstić information content (AvgIpc) is 3.71. The normalized spacial score (nSPS) is 20.2. The topological polar surface area (TPSA) is 143 Å². The molecule has 2 saturated heterocycles. The van der Waals surface area contributed by atoms with Crippen LogP contribution in [-0.4, -0.2) is 89.1 Å². The first kappa shape index (κ1) is 40.6. The fraction of sp³-hybridized carbons (Fsp3) is 0.419. The highest BCUT2D eigenvalue weighted by Crippen LogP contribution is 2.35. The minimum Gasteiger partial charge on any atom is -0.490 e. The second-order valence-corrected chi connectivity index (χ2v) is 14.6. The van der Waals surface area contributed by atoms with Gasteiger partial charge in [0.05, 0.1) is 31.5 Å². The van der Waals surface area contributed by atoms with E-state index in [2.05, 4.69) is 26.0 Å². The lowest BCUT2D eigenvalue weighted by Gasteiger charge is -2.38. The molecule has 0 spiro atoms. The molecule has 3 aliphatic heterocycles. The fourth-order valence-corrected chi connectivity index (χ4v) is 7.74. The molecule has 0 radical (unpaired) electrons. The molecule has 3 aliphatic rings. The number of benzene rings is 4. The zero-order valence-corrected chi connectivity index (χ0v) is 32.5. The molecule has 3 heterocycles. The van der Waals surface area contributed by atoms with Crippen LogP contribution in [0.4, 0.5) is 20.6 Å². The van der Waals surface area contributed by atoms with Gasteiger partial charge in [0.2, 0.25) is 0 Å². The molecule has 0 amide bonds. The van der Waals surface area contributed by atoms with E-state index in [9.17, 15) is 19.3 Å². The third-order valence-corrected chi connectivity index (χ3v) is 10.5. The van der Waals surface area contributed by atoms with Crippen LogP contribution in [0.3, 0.4) is 0 Å². The summed E-state index contributed by atoms with van der Waals surface area (Å²) in [7, 11) is 1.71. The van der Waals surface area contributed by atoms with Crippen molar-refractivity contribution in [1.82, 2.24) is 5.32 Å². The molecule has 1 N–H and O–H groups in total. The molecule has 4 unspecified atom stereocenters. The monoisotopic (exact) mass is 800 g/mol. The van der Waals surface area contributed by atoms with Gasteiger partial charge in [-0.1, -0.05) is 48.5 Å². The molecule has 4 aromatic carbocycles. The van der Waals surface area contributed by atoms with Crippen molar-refractivity contribution >= 4 is 17.5 Å². The summed E-state index contributed by atoms with van der Waals surface area (Å²) >= 11 is 0. The summed E-state index contributed by atoms with van der Waals surface area (Å²) in [6.07, 6.45) is -0.223. The third-order valence-electron chi connectivity index (χ3n) is 10.5. The molecule has 7 rings (SSSR count). The number of fused-ring (bicyclic) bond motifs is 1. The summed E-state index contributed by atoms with van der Waals surface area (Å²) in [6, 6.07) is 27.3. The van der Waals surface area contributed by atoms with Crippen molar-refractivity contribution in [2.45, 2.75) is 56.9 Å². The van der Waals surface area contributed by atoms with E-state index in [0.29, 0.717) is 56.3 Å². The number of nitrogens with one attached hydrogen (secondary N) is 1. The maximum atomic E-state index is 13.9. The number of nitrogens with zero attached hydrogens (tertiary/aromatic N) is 3. The number of rotatable bonds is 17. The number of halogens is 1. The van der Waals surface area contributed by atoms with Crippen molar-refractivity contribution in [3.63, 3.8) is 0 Å². The summed E-state index contributed by atoms with van der Waals surface area (Å²) < 4.78 is 49.6. The first-order valence-electron chi connectivity index (χ1n) is 19.6. The predicted octanol–water partition coefficient (Wildman–Crippen LogP) is 6.42. The van der Waals surface area contributed by atoms with Gasteiger partial charge in [-0.15, -0.1) is 10.1 Å². The second-order valence-electron chi connectivity index (χ2n) is 14.6. The Morgan fingerprint density at radius 3 is 2.53 bits per heavy atom. The summed E-state index contributed by atoms with van der Waals surface area (Å²) in [5, 5.41) is 13.2. The number of methoxy groups -OCH3 is 1. The van der Waals surface area contributed by atoms with Crippen LogP contribution in [-0.2, 0) is 43.6 Å². The number of carbonyl (C=O) groups is 1. The highest BCUT2D eigenvalue weighted by molar-refractivity contribution is 5.62. The van der Waals surface area contributed by atoms with E-state index in [1.54, 1.807) is 37.4 Å². The van der Waals surface area contributed by atoms with Gasteiger partial charge in [-0.25, -0.2) is 9.18 Å². The van der Waals surface area contributed by atoms with Crippen molar-refractivity contribution in [2.24, 2.45) is 0 Å². The van der Waals surface area contributed by atoms with Crippen LogP contribution < -0.4 is 24.6 Å². The molecule has 0 aromatic heterocycles. The van der Waals surface area contributed by atoms with E-state index in [1.807, 2.05) is 42.5 Å². The average molecular weight is 801 g/mol. The van der Waals surface area contributed by atoms with Crippen LogP contribution in [0.15, 0.2) is 91.0 Å². The Balaban J connectivity index is 1.04. The number of hydrogen-bond donors (Lipinski definition) is 1. The zero-order chi connectivity index (χ0) is 40.3. The highest BCUT2D eigenvalue weighted by Gasteiger charge is 2.38. The Labute approximate surface area is 336 Å². The molecule has 15 heteroatoms. The van der Waals surface area contributed by atoms with Crippen LogP contribution in [0.5, 0.6) is 11.5 Å². The third kappa shape index (κ3) is 10.8. The molecule has 58 heavy (non-hydrogen) atoms. The number of hydrogen-bond acceptors (Lipinski definition) is 13. The van der Waals surface area contributed by atoms with Gasteiger partial charge in [0.25, 0.3) is 5.09 Å². The summed E-state index contributed by atoms with van der Waals surface area (Å²) in [5.74, 6) is 0.926. The first-order valence-corrected chi connectivity index (χ1v) is 19.6. The lowest BCUT2D eigenvalue weighted by molar-refractivity contribution is -0.763. The molecule has 4 aromatic rings.